The number of nitrogens with zero attached hydrogens (tertiary/aromatic N) is 1. The van der Waals surface area contributed by atoms with Gasteiger partial charge in [0.25, 0.3) is 0 Å². The van der Waals surface area contributed by atoms with E-state index in [1.807, 2.05) is 6.07 Å². The van der Waals surface area contributed by atoms with Crippen molar-refractivity contribution >= 4 is 5.84 Å². The van der Waals surface area contributed by atoms with Crippen LogP contribution in [0.1, 0.15) is 43.7 Å². The molecular formula is C15H20N2. The van der Waals surface area contributed by atoms with Gasteiger partial charge < -0.3 is 4.90 Å². The molecule has 1 N–H and O–H groups in total. The first kappa shape index (κ1) is 10.8. The molecule has 1 aliphatic heterocycles. The van der Waals surface area contributed by atoms with Crippen molar-refractivity contribution in [2.24, 2.45) is 5.41 Å². The molecule has 1 aromatic rings. The minimum absolute atomic E-state index is 0.545. The molecule has 1 saturated carbocycles. The second-order valence-corrected chi connectivity index (χ2v) is 5.61. The highest BCUT2D eigenvalue weighted by atomic mass is 15.2. The molecule has 0 amide bonds. The van der Waals surface area contributed by atoms with Crippen LogP contribution in [-0.2, 0) is 6.54 Å². The topological polar surface area (TPSA) is 27.1 Å². The Balaban J connectivity index is 1.74. The summed E-state index contributed by atoms with van der Waals surface area (Å²) >= 11 is 0. The van der Waals surface area contributed by atoms with Crippen LogP contribution in [0.4, 0.5) is 0 Å². The molecule has 2 heteroatoms. The summed E-state index contributed by atoms with van der Waals surface area (Å²) in [6.45, 7) is 4.30. The molecule has 1 heterocycles. The Bertz CT molecular complexity index is 446. The van der Waals surface area contributed by atoms with Gasteiger partial charge in [0.1, 0.15) is 5.84 Å². The first-order chi connectivity index (χ1) is 8.24. The van der Waals surface area contributed by atoms with Gasteiger partial charge in [0, 0.05) is 18.7 Å². The van der Waals surface area contributed by atoms with Gasteiger partial charge >= 0.3 is 0 Å². The number of amidine groups is 1. The van der Waals surface area contributed by atoms with Crippen LogP contribution in [0.5, 0.6) is 0 Å². The molecule has 0 atom stereocenters. The molecular weight excluding hydrogens is 208 g/mol. The maximum Gasteiger partial charge on any atom is 0.128 e. The Kier molecular flexibility index (Phi) is 2.46. The van der Waals surface area contributed by atoms with Gasteiger partial charge in [0.15, 0.2) is 0 Å². The normalized spacial score (nSPS) is 20.5. The molecule has 0 unspecified atom stereocenters. The van der Waals surface area contributed by atoms with E-state index in [4.69, 9.17) is 5.41 Å². The SMILES string of the molecule is CCCC1(CN2Cc3ccccc3C2=N)CC1. The summed E-state index contributed by atoms with van der Waals surface area (Å²) in [5.41, 5.74) is 3.01. The number of hydrogen-bond acceptors (Lipinski definition) is 1. The molecule has 2 aliphatic rings. The summed E-state index contributed by atoms with van der Waals surface area (Å²) in [5.74, 6) is 0.739. The second-order valence-electron chi connectivity index (χ2n) is 5.61. The van der Waals surface area contributed by atoms with Crippen LogP contribution in [0.3, 0.4) is 0 Å². The Labute approximate surface area is 103 Å². The summed E-state index contributed by atoms with van der Waals surface area (Å²) in [5, 5.41) is 8.25. The zero-order chi connectivity index (χ0) is 11.9. The lowest BCUT2D eigenvalue weighted by Crippen LogP contribution is -2.30. The van der Waals surface area contributed by atoms with E-state index >= 15 is 0 Å². The van der Waals surface area contributed by atoms with Crippen molar-refractivity contribution < 1.29 is 0 Å². The first-order valence-electron chi connectivity index (χ1n) is 6.66. The van der Waals surface area contributed by atoms with Gasteiger partial charge in [-0.05, 0) is 30.2 Å². The lowest BCUT2D eigenvalue weighted by atomic mass is 10.0. The van der Waals surface area contributed by atoms with Gasteiger partial charge in [-0.15, -0.1) is 0 Å². The van der Waals surface area contributed by atoms with Gasteiger partial charge in [-0.25, -0.2) is 0 Å². The van der Waals surface area contributed by atoms with Crippen molar-refractivity contribution in [1.82, 2.24) is 4.90 Å². The zero-order valence-electron chi connectivity index (χ0n) is 10.5. The van der Waals surface area contributed by atoms with Crippen molar-refractivity contribution in [2.75, 3.05) is 6.54 Å². The predicted molar refractivity (Wildman–Crippen MR) is 70.3 cm³/mol. The number of rotatable bonds is 4. The molecule has 0 bridgehead atoms. The lowest BCUT2D eigenvalue weighted by molar-refractivity contribution is 0.307. The van der Waals surface area contributed by atoms with Crippen molar-refractivity contribution in [1.29, 1.82) is 5.41 Å². The summed E-state index contributed by atoms with van der Waals surface area (Å²) in [4.78, 5) is 2.27. The Hall–Kier alpha value is -1.31. The largest absolute Gasteiger partial charge is 0.352 e. The highest BCUT2D eigenvalue weighted by Crippen LogP contribution is 2.50. The minimum Gasteiger partial charge on any atom is -0.352 e. The van der Waals surface area contributed by atoms with Crippen LogP contribution in [0.2, 0.25) is 0 Å². The van der Waals surface area contributed by atoms with Crippen LogP contribution in [0.15, 0.2) is 24.3 Å². The maximum absolute atomic E-state index is 8.25. The van der Waals surface area contributed by atoms with Crippen molar-refractivity contribution in [2.45, 2.75) is 39.2 Å². The van der Waals surface area contributed by atoms with Crippen molar-refractivity contribution in [3.05, 3.63) is 35.4 Å². The molecule has 1 aliphatic carbocycles. The van der Waals surface area contributed by atoms with E-state index in [1.54, 1.807) is 0 Å². The highest BCUT2D eigenvalue weighted by molar-refractivity contribution is 6.00. The van der Waals surface area contributed by atoms with Crippen LogP contribution < -0.4 is 0 Å². The van der Waals surface area contributed by atoms with Gasteiger partial charge in [-0.3, -0.25) is 5.41 Å². The zero-order valence-corrected chi connectivity index (χ0v) is 10.5. The van der Waals surface area contributed by atoms with Gasteiger partial charge in [-0.2, -0.15) is 0 Å². The number of hydrogen-bond donors (Lipinski definition) is 1. The van der Waals surface area contributed by atoms with E-state index in [-0.39, 0.29) is 0 Å². The van der Waals surface area contributed by atoms with E-state index in [0.717, 1.165) is 24.5 Å². The molecule has 17 heavy (non-hydrogen) atoms. The molecule has 1 aromatic carbocycles. The van der Waals surface area contributed by atoms with E-state index in [2.05, 4.69) is 30.0 Å². The lowest BCUT2D eigenvalue weighted by Gasteiger charge is -2.24. The fraction of sp³-hybridized carbons (Fsp3) is 0.533. The fourth-order valence-corrected chi connectivity index (χ4v) is 3.08. The van der Waals surface area contributed by atoms with Crippen LogP contribution in [0, 0.1) is 10.8 Å². The molecule has 0 aromatic heterocycles. The summed E-state index contributed by atoms with van der Waals surface area (Å²) < 4.78 is 0. The molecule has 3 rings (SSSR count). The number of fused-ring (bicyclic) bond motifs is 1. The van der Waals surface area contributed by atoms with E-state index in [1.165, 1.54) is 31.2 Å². The number of benzene rings is 1. The van der Waals surface area contributed by atoms with Crippen LogP contribution >= 0.6 is 0 Å². The predicted octanol–water partition coefficient (Wildman–Crippen LogP) is 3.41. The monoisotopic (exact) mass is 228 g/mol. The Morgan fingerprint density at radius 1 is 1.29 bits per heavy atom. The van der Waals surface area contributed by atoms with E-state index < -0.39 is 0 Å². The second kappa shape index (κ2) is 3.86. The standard InChI is InChI=1S/C15H20N2/c1-2-7-15(8-9-15)11-17-10-12-5-3-4-6-13(12)14(17)16/h3-6,16H,2,7-11H2,1H3. The third-order valence-electron chi connectivity index (χ3n) is 4.21. The fourth-order valence-electron chi connectivity index (χ4n) is 3.08. The minimum atomic E-state index is 0.545. The van der Waals surface area contributed by atoms with Crippen molar-refractivity contribution in [3.8, 4) is 0 Å². The molecule has 0 spiro atoms. The molecule has 0 saturated heterocycles. The van der Waals surface area contributed by atoms with E-state index in [9.17, 15) is 0 Å². The smallest absolute Gasteiger partial charge is 0.128 e. The number of nitrogens with one attached hydrogen (secondary N) is 1. The van der Waals surface area contributed by atoms with Gasteiger partial charge in [-0.1, -0.05) is 37.6 Å². The molecule has 2 nitrogen and oxygen atoms in total. The third-order valence-corrected chi connectivity index (χ3v) is 4.21. The van der Waals surface area contributed by atoms with Gasteiger partial charge in [0.05, 0.1) is 0 Å². The quantitative estimate of drug-likeness (QED) is 0.840. The maximum atomic E-state index is 8.25. The molecule has 1 fully saturated rings. The summed E-state index contributed by atoms with van der Waals surface area (Å²) in [6, 6.07) is 8.35. The van der Waals surface area contributed by atoms with Gasteiger partial charge in [0.2, 0.25) is 0 Å². The molecule has 0 radical (unpaired) electrons. The third kappa shape index (κ3) is 1.86. The Morgan fingerprint density at radius 2 is 2.06 bits per heavy atom. The van der Waals surface area contributed by atoms with Crippen molar-refractivity contribution in [3.63, 3.8) is 0 Å². The summed E-state index contributed by atoms with van der Waals surface area (Å²) in [7, 11) is 0. The first-order valence-corrected chi connectivity index (χ1v) is 6.66. The van der Waals surface area contributed by atoms with Crippen LogP contribution in [0.25, 0.3) is 0 Å². The average Bonchev–Trinajstić information content (AvgIpc) is 3.01. The van der Waals surface area contributed by atoms with E-state index in [0.29, 0.717) is 5.41 Å². The average molecular weight is 228 g/mol. The Morgan fingerprint density at radius 3 is 2.71 bits per heavy atom. The highest BCUT2D eigenvalue weighted by Gasteiger charge is 2.44. The molecule has 90 valence electrons. The summed E-state index contributed by atoms with van der Waals surface area (Å²) in [6.07, 6.45) is 5.32. The van der Waals surface area contributed by atoms with Crippen LogP contribution in [-0.4, -0.2) is 17.3 Å².